The van der Waals surface area contributed by atoms with Gasteiger partial charge in [-0.15, -0.1) is 9.24 Å². The van der Waals surface area contributed by atoms with Crippen LogP contribution in [0.5, 0.6) is 0 Å². The minimum Gasteiger partial charge on any atom is -0.392 e. The predicted molar refractivity (Wildman–Crippen MR) is 129 cm³/mol. The van der Waals surface area contributed by atoms with Crippen molar-refractivity contribution in [1.82, 2.24) is 4.90 Å². The van der Waals surface area contributed by atoms with E-state index in [0.717, 1.165) is 34.1 Å². The van der Waals surface area contributed by atoms with Crippen LogP contribution in [0, 0.1) is 0 Å². The SMILES string of the molecule is C/C=C\S/C(=C/C)C1=NCC(C(/C=C\CC(C)F)=NC)=C2CC(P)(C(C)O)CN12. The van der Waals surface area contributed by atoms with Crippen LogP contribution in [0.4, 0.5) is 4.39 Å². The third-order valence-corrected chi connectivity index (χ3v) is 7.15. The Morgan fingerprint density at radius 3 is 2.72 bits per heavy atom. The average molecular weight is 438 g/mol. The number of amidine groups is 1. The Morgan fingerprint density at radius 1 is 1.45 bits per heavy atom. The van der Waals surface area contributed by atoms with Crippen LogP contribution < -0.4 is 0 Å². The van der Waals surface area contributed by atoms with Gasteiger partial charge < -0.3 is 10.0 Å². The smallest absolute Gasteiger partial charge is 0.142 e. The van der Waals surface area contributed by atoms with Gasteiger partial charge in [-0.1, -0.05) is 30.0 Å². The van der Waals surface area contributed by atoms with Crippen LogP contribution in [0.3, 0.4) is 0 Å². The number of aliphatic hydroxyl groups excluding tert-OH is 1. The third kappa shape index (κ3) is 5.68. The highest BCUT2D eigenvalue weighted by molar-refractivity contribution is 8.06. The number of nitrogens with zero attached hydrogens (tertiary/aromatic N) is 3. The first kappa shape index (κ1) is 24.0. The van der Waals surface area contributed by atoms with E-state index in [4.69, 9.17) is 4.99 Å². The van der Waals surface area contributed by atoms with Gasteiger partial charge in [0.05, 0.1) is 18.4 Å². The molecule has 0 bridgehead atoms. The van der Waals surface area contributed by atoms with E-state index in [-0.39, 0.29) is 5.16 Å². The molecule has 0 aromatic rings. The van der Waals surface area contributed by atoms with Gasteiger partial charge in [-0.05, 0) is 45.6 Å². The molecule has 0 saturated carbocycles. The molecule has 0 spiro atoms. The van der Waals surface area contributed by atoms with Gasteiger partial charge in [0, 0.05) is 41.3 Å². The number of aliphatic hydroxyl groups is 1. The molecule has 0 aliphatic carbocycles. The molecule has 0 aromatic carbocycles. The van der Waals surface area contributed by atoms with E-state index in [1.54, 1.807) is 25.7 Å². The number of thioether (sulfide) groups is 1. The summed E-state index contributed by atoms with van der Waals surface area (Å²) in [5.74, 6) is 0.941. The van der Waals surface area contributed by atoms with E-state index >= 15 is 0 Å². The minimum atomic E-state index is -0.878. The van der Waals surface area contributed by atoms with E-state index in [1.807, 2.05) is 39.0 Å². The lowest BCUT2D eigenvalue weighted by atomic mass is 9.97. The molecule has 2 heterocycles. The summed E-state index contributed by atoms with van der Waals surface area (Å²) in [7, 11) is 4.62. The van der Waals surface area contributed by atoms with Crippen molar-refractivity contribution in [2.45, 2.75) is 58.0 Å². The molecule has 1 N–H and O–H groups in total. The highest BCUT2D eigenvalue weighted by Crippen LogP contribution is 2.44. The first-order valence-electron chi connectivity index (χ1n) is 10.0. The van der Waals surface area contributed by atoms with Crippen molar-refractivity contribution in [1.29, 1.82) is 0 Å². The van der Waals surface area contributed by atoms with Gasteiger partial charge in [-0.2, -0.15) is 0 Å². The Morgan fingerprint density at radius 2 is 2.17 bits per heavy atom. The molecule has 1 saturated heterocycles. The molecule has 2 aliphatic rings. The fraction of sp³-hybridized carbons (Fsp3) is 0.545. The molecule has 4 atom stereocenters. The zero-order chi connectivity index (χ0) is 21.6. The summed E-state index contributed by atoms with van der Waals surface area (Å²) in [6.45, 7) is 8.60. The molecular formula is C22H33FN3OPS. The standard InChI is InChI=1S/C22H33FN3OPS/c1-6-11-29-20(7-2)21-25-13-17(18(24-5)10-8-9-15(3)23)19-12-22(28,16(4)27)14-26(19)21/h6-8,10-11,15-16,27H,9,12-14,28H2,1-5H3/b10-8-,11-6-,20-7+,24-18?. The summed E-state index contributed by atoms with van der Waals surface area (Å²) >= 11 is 1.65. The van der Waals surface area contributed by atoms with Crippen LogP contribution in [0.1, 0.15) is 40.5 Å². The molecule has 0 aromatic heterocycles. The van der Waals surface area contributed by atoms with Crippen molar-refractivity contribution < 1.29 is 9.50 Å². The Bertz CT molecular complexity index is 783. The molecule has 4 nitrogen and oxygen atoms in total. The van der Waals surface area contributed by atoms with Gasteiger partial charge in [0.25, 0.3) is 0 Å². The third-order valence-electron chi connectivity index (χ3n) is 5.20. The second-order valence-corrected chi connectivity index (χ2v) is 9.60. The molecule has 0 radical (unpaired) electrons. The fourth-order valence-corrected chi connectivity index (χ4v) is 4.52. The van der Waals surface area contributed by atoms with Gasteiger partial charge in [0.1, 0.15) is 12.0 Å². The summed E-state index contributed by atoms with van der Waals surface area (Å²) in [6, 6.07) is 0. The zero-order valence-electron chi connectivity index (χ0n) is 18.0. The summed E-state index contributed by atoms with van der Waals surface area (Å²) in [5.41, 5.74) is 3.02. The number of aliphatic imine (C=N–C) groups is 2. The van der Waals surface area contributed by atoms with Crippen LogP contribution >= 0.6 is 21.0 Å². The second-order valence-electron chi connectivity index (χ2n) is 7.51. The van der Waals surface area contributed by atoms with E-state index in [0.29, 0.717) is 19.5 Å². The Kier molecular flexibility index (Phi) is 8.87. The van der Waals surface area contributed by atoms with Crippen molar-refractivity contribution >= 4 is 32.5 Å². The minimum absolute atomic E-state index is 0.341. The zero-order valence-corrected chi connectivity index (χ0v) is 20.0. The maximum Gasteiger partial charge on any atom is 0.142 e. The van der Waals surface area contributed by atoms with Gasteiger partial charge in [0.15, 0.2) is 0 Å². The average Bonchev–Trinajstić information content (AvgIpc) is 3.05. The summed E-state index contributed by atoms with van der Waals surface area (Å²) < 4.78 is 13.2. The highest BCUT2D eigenvalue weighted by Gasteiger charge is 2.45. The van der Waals surface area contributed by atoms with Crippen LogP contribution in [0.2, 0.25) is 0 Å². The molecular weight excluding hydrogens is 404 g/mol. The van der Waals surface area contributed by atoms with E-state index in [1.165, 1.54) is 0 Å². The van der Waals surface area contributed by atoms with Crippen molar-refractivity contribution in [3.05, 3.63) is 45.9 Å². The molecule has 4 unspecified atom stereocenters. The lowest BCUT2D eigenvalue weighted by Crippen LogP contribution is -2.40. The van der Waals surface area contributed by atoms with Gasteiger partial charge >= 0.3 is 0 Å². The first-order valence-corrected chi connectivity index (χ1v) is 11.5. The van der Waals surface area contributed by atoms with E-state index in [9.17, 15) is 9.50 Å². The predicted octanol–water partition coefficient (Wildman–Crippen LogP) is 4.90. The summed E-state index contributed by atoms with van der Waals surface area (Å²) in [6.07, 6.45) is 7.55. The van der Waals surface area contributed by atoms with Gasteiger partial charge in [-0.25, -0.2) is 4.39 Å². The Balaban J connectivity index is 2.46. The number of alkyl halides is 1. The number of rotatable bonds is 8. The number of hydrogen-bond acceptors (Lipinski definition) is 5. The van der Waals surface area contributed by atoms with E-state index in [2.05, 4.69) is 30.6 Å². The van der Waals surface area contributed by atoms with Crippen LogP contribution in [0.25, 0.3) is 0 Å². The Hall–Kier alpha value is -1.23. The lowest BCUT2D eigenvalue weighted by molar-refractivity contribution is 0.150. The second kappa shape index (κ2) is 10.7. The number of allylic oxidation sites excluding steroid dienone is 5. The molecule has 0 amide bonds. The molecule has 2 aliphatic heterocycles. The van der Waals surface area contributed by atoms with Crippen molar-refractivity contribution in [3.8, 4) is 0 Å². The summed E-state index contributed by atoms with van der Waals surface area (Å²) in [5, 5.41) is 12.1. The molecule has 7 heteroatoms. The van der Waals surface area contributed by atoms with E-state index < -0.39 is 12.3 Å². The van der Waals surface area contributed by atoms with Gasteiger partial charge in [-0.3, -0.25) is 9.98 Å². The maximum absolute atomic E-state index is 13.2. The Labute approximate surface area is 181 Å². The summed E-state index contributed by atoms with van der Waals surface area (Å²) in [4.78, 5) is 12.7. The van der Waals surface area contributed by atoms with Gasteiger partial charge in [0.2, 0.25) is 0 Å². The van der Waals surface area contributed by atoms with Crippen LogP contribution in [-0.4, -0.2) is 59.1 Å². The molecule has 2 rings (SSSR count). The van der Waals surface area contributed by atoms with Crippen molar-refractivity contribution in [2.75, 3.05) is 20.1 Å². The monoisotopic (exact) mass is 437 g/mol. The molecule has 160 valence electrons. The number of halogens is 1. The number of fused-ring (bicyclic) bond motifs is 1. The molecule has 29 heavy (non-hydrogen) atoms. The quantitative estimate of drug-likeness (QED) is 0.434. The number of hydrogen-bond donors (Lipinski definition) is 1. The molecule has 1 fully saturated rings. The van der Waals surface area contributed by atoms with Crippen molar-refractivity contribution in [3.63, 3.8) is 0 Å². The van der Waals surface area contributed by atoms with Crippen molar-refractivity contribution in [2.24, 2.45) is 9.98 Å². The highest BCUT2D eigenvalue weighted by atomic mass is 32.2. The normalized spacial score (nSPS) is 25.8. The van der Waals surface area contributed by atoms with Crippen LogP contribution in [-0.2, 0) is 0 Å². The maximum atomic E-state index is 13.2. The van der Waals surface area contributed by atoms with Crippen LogP contribution in [0.15, 0.2) is 55.9 Å². The fourth-order valence-electron chi connectivity index (χ4n) is 3.44. The largest absolute Gasteiger partial charge is 0.392 e. The topological polar surface area (TPSA) is 48.2 Å². The first-order chi connectivity index (χ1) is 13.8. The lowest BCUT2D eigenvalue weighted by Gasteiger charge is -2.31.